The topological polar surface area (TPSA) is 0 Å². The molecule has 0 aliphatic heterocycles. The van der Waals surface area contributed by atoms with Crippen LogP contribution in [0.3, 0.4) is 0 Å². The van der Waals surface area contributed by atoms with Crippen molar-refractivity contribution in [1.29, 1.82) is 0 Å². The molecule has 1 aromatic rings. The zero-order valence-electron chi connectivity index (χ0n) is 17.0. The van der Waals surface area contributed by atoms with Crippen LogP contribution in [0, 0.1) is 25.2 Å². The number of rotatable bonds is 4. The summed E-state index contributed by atoms with van der Waals surface area (Å²) in [5.74, 6) is 1.55. The Morgan fingerprint density at radius 2 is 1.26 bits per heavy atom. The predicted octanol–water partition coefficient (Wildman–Crippen LogP) is 8.07. The van der Waals surface area contributed by atoms with Gasteiger partial charge in [0.2, 0.25) is 0 Å². The summed E-state index contributed by atoms with van der Waals surface area (Å²) in [7, 11) is 0. The van der Waals surface area contributed by atoms with E-state index in [-0.39, 0.29) is 26.2 Å². The molecule has 0 heterocycles. The fourth-order valence-electron chi connectivity index (χ4n) is 0.946. The van der Waals surface area contributed by atoms with E-state index in [1.165, 1.54) is 25.7 Å². The van der Waals surface area contributed by atoms with Crippen molar-refractivity contribution in [2.45, 2.75) is 87.0 Å². The fraction of sp³-hybridized carbons (Fsp3) is 0.636. The molecule has 23 heavy (non-hydrogen) atoms. The maximum absolute atomic E-state index is 3.60. The van der Waals surface area contributed by atoms with Gasteiger partial charge >= 0.3 is 26.2 Å². The molecule has 0 N–H and O–H groups in total. The second kappa shape index (κ2) is 24.5. The second-order valence-corrected chi connectivity index (χ2v) is 6.94. The van der Waals surface area contributed by atoms with Crippen LogP contribution in [0.25, 0.3) is 0 Å². The van der Waals surface area contributed by atoms with Crippen molar-refractivity contribution < 1.29 is 26.2 Å². The molecule has 0 aliphatic carbocycles. The van der Waals surface area contributed by atoms with Crippen molar-refractivity contribution in [1.82, 2.24) is 0 Å². The molecule has 0 amide bonds. The first-order chi connectivity index (χ1) is 10.2. The zero-order valence-corrected chi connectivity index (χ0v) is 19.5. The zero-order chi connectivity index (χ0) is 17.9. The molecule has 0 saturated carbocycles. The van der Waals surface area contributed by atoms with E-state index in [9.17, 15) is 0 Å². The van der Waals surface area contributed by atoms with Gasteiger partial charge in [-0.15, -0.1) is 0 Å². The summed E-state index contributed by atoms with van der Waals surface area (Å²) >= 11 is 0. The Balaban J connectivity index is -0.000000111. The standard InChI is InChI=1S/C9H19.C5H5.2C4H9.Zr/c1-8(2)6-7-9(3,4)5;1-2-4-5-3-1;2*1-3-4-2;/h6-7H2,1-5H3;1-5H;2*1,3-4H2,2H3;/q4*-1;+4. The quantitative estimate of drug-likeness (QED) is 0.450. The Morgan fingerprint density at radius 3 is 1.35 bits per heavy atom. The summed E-state index contributed by atoms with van der Waals surface area (Å²) in [6.45, 7) is 22.7. The van der Waals surface area contributed by atoms with Gasteiger partial charge in [-0.3, -0.25) is 0 Å². The Bertz CT molecular complexity index is 216. The van der Waals surface area contributed by atoms with Crippen molar-refractivity contribution in [3.8, 4) is 0 Å². The molecule has 0 radical (unpaired) electrons. The molecular weight excluding hydrogens is 355 g/mol. The van der Waals surface area contributed by atoms with E-state index in [0.29, 0.717) is 5.41 Å². The third-order valence-corrected chi connectivity index (χ3v) is 2.64. The average molecular weight is 398 g/mol. The van der Waals surface area contributed by atoms with Crippen LogP contribution >= 0.6 is 0 Å². The molecule has 134 valence electrons. The Labute approximate surface area is 168 Å². The molecular formula is C22H42Zr. The Kier molecular flexibility index (Phi) is 33.1. The van der Waals surface area contributed by atoms with E-state index < -0.39 is 0 Å². The van der Waals surface area contributed by atoms with Gasteiger partial charge in [0.1, 0.15) is 0 Å². The van der Waals surface area contributed by atoms with Crippen LogP contribution in [0.2, 0.25) is 0 Å². The largest absolute Gasteiger partial charge is 4.00 e. The van der Waals surface area contributed by atoms with Gasteiger partial charge < -0.3 is 19.8 Å². The van der Waals surface area contributed by atoms with Crippen LogP contribution in [0.15, 0.2) is 30.3 Å². The average Bonchev–Trinajstić information content (AvgIpc) is 3.04. The Hall–Kier alpha value is 0.233. The summed E-state index contributed by atoms with van der Waals surface area (Å²) in [5.41, 5.74) is 0.511. The minimum absolute atomic E-state index is 0. The summed E-state index contributed by atoms with van der Waals surface area (Å²) in [6, 6.07) is 10.0. The SMILES string of the molecule is C[C-](C)CCC(C)(C)C.[CH2-]CCC.[CH2-]CCC.[Zr+4].c1cc[cH-]c1. The summed E-state index contributed by atoms with van der Waals surface area (Å²) in [6.07, 6.45) is 7.15. The molecule has 1 aromatic carbocycles. The van der Waals surface area contributed by atoms with Crippen LogP contribution in [0.4, 0.5) is 0 Å². The van der Waals surface area contributed by atoms with Crippen molar-refractivity contribution in [2.75, 3.05) is 0 Å². The van der Waals surface area contributed by atoms with Gasteiger partial charge in [-0.05, 0) is 5.41 Å². The van der Waals surface area contributed by atoms with Gasteiger partial charge in [0.15, 0.2) is 0 Å². The van der Waals surface area contributed by atoms with Crippen LogP contribution in [-0.2, 0) is 26.2 Å². The van der Waals surface area contributed by atoms with Crippen LogP contribution in [0.5, 0.6) is 0 Å². The van der Waals surface area contributed by atoms with Crippen LogP contribution in [-0.4, -0.2) is 0 Å². The predicted molar refractivity (Wildman–Crippen MR) is 106 cm³/mol. The van der Waals surface area contributed by atoms with Gasteiger partial charge in [-0.2, -0.15) is 51.3 Å². The molecule has 0 aliphatic rings. The fourth-order valence-corrected chi connectivity index (χ4v) is 0.946. The first-order valence-electron chi connectivity index (χ1n) is 8.79. The third-order valence-electron chi connectivity index (χ3n) is 2.64. The van der Waals surface area contributed by atoms with Crippen LogP contribution in [0.1, 0.15) is 87.0 Å². The molecule has 0 fully saturated rings. The summed E-state index contributed by atoms with van der Waals surface area (Å²) in [4.78, 5) is 0. The maximum atomic E-state index is 3.60. The first kappa shape index (κ1) is 31.0. The van der Waals surface area contributed by atoms with E-state index in [1.54, 1.807) is 5.92 Å². The molecule has 0 nitrogen and oxygen atoms in total. The van der Waals surface area contributed by atoms with Crippen LogP contribution < -0.4 is 0 Å². The number of hydrogen-bond donors (Lipinski definition) is 0. The van der Waals surface area contributed by atoms with Crippen molar-refractivity contribution in [2.24, 2.45) is 5.41 Å². The summed E-state index contributed by atoms with van der Waals surface area (Å²) < 4.78 is 0. The van der Waals surface area contributed by atoms with E-state index in [0.717, 1.165) is 12.8 Å². The number of unbranched alkanes of at least 4 members (excludes halogenated alkanes) is 2. The van der Waals surface area contributed by atoms with Crippen molar-refractivity contribution in [3.63, 3.8) is 0 Å². The van der Waals surface area contributed by atoms with Gasteiger partial charge in [0, 0.05) is 0 Å². The minimum Gasteiger partial charge on any atom is -0.343 e. The number of hydrogen-bond acceptors (Lipinski definition) is 0. The second-order valence-electron chi connectivity index (χ2n) is 6.94. The van der Waals surface area contributed by atoms with Gasteiger partial charge in [0.25, 0.3) is 0 Å². The molecule has 1 rings (SSSR count). The molecule has 0 saturated heterocycles. The normalized spacial score (nSPS) is 9.30. The third kappa shape index (κ3) is 52.0. The van der Waals surface area contributed by atoms with Crippen molar-refractivity contribution >= 4 is 0 Å². The molecule has 0 unspecified atom stereocenters. The molecule has 0 atom stereocenters. The molecule has 0 spiro atoms. The van der Waals surface area contributed by atoms with E-state index in [4.69, 9.17) is 0 Å². The van der Waals surface area contributed by atoms with E-state index >= 15 is 0 Å². The van der Waals surface area contributed by atoms with E-state index in [2.05, 4.69) is 62.3 Å². The first-order valence-corrected chi connectivity index (χ1v) is 8.79. The molecule has 0 bridgehead atoms. The molecule has 0 aromatic heterocycles. The van der Waals surface area contributed by atoms with Gasteiger partial charge in [0.05, 0.1) is 0 Å². The molecule has 1 heteroatoms. The van der Waals surface area contributed by atoms with Crippen molar-refractivity contribution in [3.05, 3.63) is 50.1 Å². The maximum Gasteiger partial charge on any atom is 4.00 e. The Morgan fingerprint density at radius 1 is 0.913 bits per heavy atom. The van der Waals surface area contributed by atoms with E-state index in [1.807, 2.05) is 30.3 Å². The summed E-state index contributed by atoms with van der Waals surface area (Å²) in [5, 5.41) is 0. The van der Waals surface area contributed by atoms with Gasteiger partial charge in [-0.25, -0.2) is 12.1 Å². The minimum atomic E-state index is 0. The smallest absolute Gasteiger partial charge is 0.343 e. The monoisotopic (exact) mass is 396 g/mol. The van der Waals surface area contributed by atoms with Gasteiger partial charge in [-0.1, -0.05) is 53.9 Å².